The van der Waals surface area contributed by atoms with Crippen LogP contribution < -0.4 is 10.1 Å². The van der Waals surface area contributed by atoms with Crippen LogP contribution >= 0.6 is 0 Å². The number of ether oxygens (including phenoxy) is 1. The second kappa shape index (κ2) is 7.35. The van der Waals surface area contributed by atoms with E-state index in [0.717, 1.165) is 5.69 Å². The predicted molar refractivity (Wildman–Crippen MR) is 96.4 cm³/mol. The third-order valence-corrected chi connectivity index (χ3v) is 3.87. The van der Waals surface area contributed by atoms with Crippen molar-refractivity contribution < 1.29 is 13.9 Å². The number of carbonyl (C=O) groups excluding carboxylic acids is 1. The van der Waals surface area contributed by atoms with Crippen LogP contribution in [0.1, 0.15) is 35.8 Å². The Morgan fingerprint density at radius 1 is 1.15 bits per heavy atom. The smallest absolute Gasteiger partial charge is 0.259 e. The number of nitrogens with zero attached hydrogens (tertiary/aromatic N) is 3. The van der Waals surface area contributed by atoms with Crippen molar-refractivity contribution in [1.29, 1.82) is 0 Å². The molecule has 7 heteroatoms. The fraction of sp³-hybridized carbons (Fsp3) is 0.211. The summed E-state index contributed by atoms with van der Waals surface area (Å²) in [6.45, 7) is 3.95. The molecule has 0 radical (unpaired) electrons. The van der Waals surface area contributed by atoms with Crippen LogP contribution in [0.25, 0.3) is 5.69 Å². The molecule has 6 nitrogen and oxygen atoms in total. The molecule has 0 bridgehead atoms. The van der Waals surface area contributed by atoms with Crippen molar-refractivity contribution in [2.75, 3.05) is 12.4 Å². The predicted octanol–water partition coefficient (Wildman–Crippen LogP) is 3.79. The van der Waals surface area contributed by atoms with E-state index < -0.39 is 0 Å². The van der Waals surface area contributed by atoms with Gasteiger partial charge in [0, 0.05) is 6.07 Å². The normalized spacial score (nSPS) is 10.8. The summed E-state index contributed by atoms with van der Waals surface area (Å²) in [5, 5.41) is 7.13. The summed E-state index contributed by atoms with van der Waals surface area (Å²) < 4.78 is 19.8. The largest absolute Gasteiger partial charge is 0.481 e. The van der Waals surface area contributed by atoms with Crippen molar-refractivity contribution in [3.63, 3.8) is 0 Å². The van der Waals surface area contributed by atoms with Gasteiger partial charge in [-0.25, -0.2) is 14.1 Å². The lowest BCUT2D eigenvalue weighted by molar-refractivity contribution is 0.102. The molecular weight excluding hydrogens is 335 g/mol. The number of aromatic nitrogens is 3. The van der Waals surface area contributed by atoms with Crippen molar-refractivity contribution in [2.24, 2.45) is 0 Å². The molecule has 0 aliphatic heterocycles. The van der Waals surface area contributed by atoms with Crippen LogP contribution in [0.5, 0.6) is 5.88 Å². The molecule has 2 heterocycles. The zero-order chi connectivity index (χ0) is 18.7. The number of hydrogen-bond acceptors (Lipinski definition) is 4. The molecule has 0 unspecified atom stereocenters. The van der Waals surface area contributed by atoms with E-state index in [-0.39, 0.29) is 17.6 Å². The monoisotopic (exact) mass is 354 g/mol. The highest BCUT2D eigenvalue weighted by molar-refractivity contribution is 6.05. The third-order valence-electron chi connectivity index (χ3n) is 3.87. The first-order chi connectivity index (χ1) is 12.5. The number of amides is 1. The second-order valence-electron chi connectivity index (χ2n) is 6.03. The molecule has 0 aliphatic carbocycles. The number of methoxy groups -OCH3 is 1. The molecule has 3 aromatic rings. The Hall–Kier alpha value is -3.22. The summed E-state index contributed by atoms with van der Waals surface area (Å²) in [5.74, 6) is -0.0988. The molecule has 1 N–H and O–H groups in total. The van der Waals surface area contributed by atoms with Crippen LogP contribution in [-0.4, -0.2) is 27.8 Å². The zero-order valence-corrected chi connectivity index (χ0v) is 14.7. The lowest BCUT2D eigenvalue weighted by Gasteiger charge is -2.13. The van der Waals surface area contributed by atoms with Crippen molar-refractivity contribution in [3.8, 4) is 11.6 Å². The van der Waals surface area contributed by atoms with Crippen LogP contribution in [0.4, 0.5) is 10.1 Å². The van der Waals surface area contributed by atoms with Crippen molar-refractivity contribution in [1.82, 2.24) is 14.8 Å². The quantitative estimate of drug-likeness (QED) is 0.757. The van der Waals surface area contributed by atoms with E-state index in [1.807, 2.05) is 13.8 Å². The molecule has 0 aliphatic rings. The molecule has 0 saturated carbocycles. The van der Waals surface area contributed by atoms with E-state index in [4.69, 9.17) is 4.74 Å². The summed E-state index contributed by atoms with van der Waals surface area (Å²) in [6, 6.07) is 9.37. The van der Waals surface area contributed by atoms with Crippen LogP contribution in [-0.2, 0) is 0 Å². The maximum Gasteiger partial charge on any atom is 0.259 e. The number of anilines is 1. The minimum atomic E-state index is -0.322. The Labute approximate surface area is 150 Å². The molecule has 0 saturated heterocycles. The molecule has 0 fully saturated rings. The van der Waals surface area contributed by atoms with Gasteiger partial charge in [0.05, 0.1) is 42.1 Å². The summed E-state index contributed by atoms with van der Waals surface area (Å²) in [6.07, 6.45) is 3.04. The van der Waals surface area contributed by atoms with Gasteiger partial charge in [0.2, 0.25) is 5.88 Å². The summed E-state index contributed by atoms with van der Waals surface area (Å²) in [5.41, 5.74) is 2.45. The first-order valence-electron chi connectivity index (χ1n) is 8.15. The molecule has 26 heavy (non-hydrogen) atoms. The third kappa shape index (κ3) is 3.56. The van der Waals surface area contributed by atoms with Gasteiger partial charge in [0.15, 0.2) is 0 Å². The first-order valence-corrected chi connectivity index (χ1v) is 8.15. The number of halogens is 1. The molecule has 2 aromatic heterocycles. The highest BCUT2D eigenvalue weighted by Crippen LogP contribution is 2.24. The first kappa shape index (κ1) is 17.6. The standard InChI is InChI=1S/C19H19FN4O2/c1-12(2)18-16(11-22-24(18)15-7-4-13(20)5-8-15)19(25)23-14-6-9-17(26-3)21-10-14/h4-12H,1-3H3,(H,23,25). The summed E-state index contributed by atoms with van der Waals surface area (Å²) >= 11 is 0. The Morgan fingerprint density at radius 3 is 2.46 bits per heavy atom. The van der Waals surface area contributed by atoms with Gasteiger partial charge in [-0.15, -0.1) is 0 Å². The van der Waals surface area contributed by atoms with E-state index in [2.05, 4.69) is 15.4 Å². The van der Waals surface area contributed by atoms with Gasteiger partial charge < -0.3 is 10.1 Å². The van der Waals surface area contributed by atoms with E-state index in [1.165, 1.54) is 31.6 Å². The average Bonchev–Trinajstić information content (AvgIpc) is 3.08. The molecule has 3 rings (SSSR count). The molecule has 1 amide bonds. The van der Waals surface area contributed by atoms with E-state index in [0.29, 0.717) is 22.8 Å². The second-order valence-corrected chi connectivity index (χ2v) is 6.03. The number of hydrogen-bond donors (Lipinski definition) is 1. The van der Waals surface area contributed by atoms with E-state index >= 15 is 0 Å². The van der Waals surface area contributed by atoms with Gasteiger partial charge >= 0.3 is 0 Å². The summed E-state index contributed by atoms with van der Waals surface area (Å²) in [4.78, 5) is 16.8. The number of carbonyl (C=O) groups is 1. The van der Waals surface area contributed by atoms with Crippen molar-refractivity contribution >= 4 is 11.6 Å². The molecule has 1 aromatic carbocycles. The molecule has 0 atom stereocenters. The van der Waals surface area contributed by atoms with Crippen LogP contribution in [0, 0.1) is 5.82 Å². The SMILES string of the molecule is COc1ccc(NC(=O)c2cnn(-c3ccc(F)cc3)c2C(C)C)cn1. The van der Waals surface area contributed by atoms with Crippen molar-refractivity contribution in [2.45, 2.75) is 19.8 Å². The zero-order valence-electron chi connectivity index (χ0n) is 14.7. The van der Waals surface area contributed by atoms with Crippen LogP contribution in [0.2, 0.25) is 0 Å². The highest BCUT2D eigenvalue weighted by atomic mass is 19.1. The molecular formula is C19H19FN4O2. The number of nitrogens with one attached hydrogen (secondary N) is 1. The summed E-state index contributed by atoms with van der Waals surface area (Å²) in [7, 11) is 1.53. The number of pyridine rings is 1. The van der Waals surface area contributed by atoms with E-state index in [9.17, 15) is 9.18 Å². The molecule has 0 spiro atoms. The van der Waals surface area contributed by atoms with Gasteiger partial charge in [-0.05, 0) is 36.2 Å². The number of rotatable bonds is 5. The van der Waals surface area contributed by atoms with Gasteiger partial charge in [-0.1, -0.05) is 13.8 Å². The molecule has 134 valence electrons. The topological polar surface area (TPSA) is 69.0 Å². The Morgan fingerprint density at radius 2 is 1.88 bits per heavy atom. The Bertz CT molecular complexity index is 902. The maximum absolute atomic E-state index is 13.2. The van der Waals surface area contributed by atoms with Gasteiger partial charge in [0.25, 0.3) is 5.91 Å². The maximum atomic E-state index is 13.2. The lowest BCUT2D eigenvalue weighted by Crippen LogP contribution is -2.15. The fourth-order valence-corrected chi connectivity index (χ4v) is 2.65. The van der Waals surface area contributed by atoms with Gasteiger partial charge in [-0.2, -0.15) is 5.10 Å². The van der Waals surface area contributed by atoms with E-state index in [1.54, 1.807) is 28.9 Å². The minimum absolute atomic E-state index is 0.0392. The van der Waals surface area contributed by atoms with Gasteiger partial charge in [-0.3, -0.25) is 4.79 Å². The Balaban J connectivity index is 1.91. The van der Waals surface area contributed by atoms with Crippen LogP contribution in [0.15, 0.2) is 48.8 Å². The minimum Gasteiger partial charge on any atom is -0.481 e. The van der Waals surface area contributed by atoms with Gasteiger partial charge in [0.1, 0.15) is 5.82 Å². The Kier molecular flexibility index (Phi) is 4.97. The van der Waals surface area contributed by atoms with Crippen molar-refractivity contribution in [3.05, 3.63) is 65.9 Å². The van der Waals surface area contributed by atoms with Crippen LogP contribution in [0.3, 0.4) is 0 Å². The average molecular weight is 354 g/mol. The number of benzene rings is 1. The fourth-order valence-electron chi connectivity index (χ4n) is 2.65. The highest BCUT2D eigenvalue weighted by Gasteiger charge is 2.21. The lowest BCUT2D eigenvalue weighted by atomic mass is 10.0.